The van der Waals surface area contributed by atoms with Crippen molar-refractivity contribution in [2.75, 3.05) is 0 Å². The molecule has 66 valence electrons. The zero-order valence-corrected chi connectivity index (χ0v) is 7.36. The van der Waals surface area contributed by atoms with Crippen molar-refractivity contribution in [2.45, 2.75) is 20.0 Å². The largest absolute Gasteiger partial charge is 0.508 e. The minimum atomic E-state index is -0.439. The van der Waals surface area contributed by atoms with E-state index < -0.39 is 6.10 Å². The summed E-state index contributed by atoms with van der Waals surface area (Å²) >= 11 is 0. The van der Waals surface area contributed by atoms with E-state index in [1.165, 1.54) is 0 Å². The third kappa shape index (κ3) is 1.98. The van der Waals surface area contributed by atoms with E-state index in [-0.39, 0.29) is 11.7 Å². The second-order valence-electron chi connectivity index (χ2n) is 3.28. The van der Waals surface area contributed by atoms with Crippen molar-refractivity contribution >= 4 is 0 Å². The van der Waals surface area contributed by atoms with Gasteiger partial charge in [-0.1, -0.05) is 26.0 Å². The summed E-state index contributed by atoms with van der Waals surface area (Å²) in [6.07, 6.45) is -0.439. The molecule has 0 amide bonds. The summed E-state index contributed by atoms with van der Waals surface area (Å²) in [5.74, 6) is 0.434. The maximum Gasteiger partial charge on any atom is 0.115 e. The van der Waals surface area contributed by atoms with Crippen LogP contribution in [-0.4, -0.2) is 10.2 Å². The van der Waals surface area contributed by atoms with E-state index in [0.29, 0.717) is 0 Å². The molecule has 12 heavy (non-hydrogen) atoms. The van der Waals surface area contributed by atoms with Gasteiger partial charge in [0.05, 0.1) is 6.10 Å². The van der Waals surface area contributed by atoms with Gasteiger partial charge in [0.2, 0.25) is 0 Å². The molecular weight excluding hydrogens is 152 g/mol. The topological polar surface area (TPSA) is 40.5 Å². The van der Waals surface area contributed by atoms with Crippen molar-refractivity contribution < 1.29 is 10.2 Å². The van der Waals surface area contributed by atoms with Crippen LogP contribution in [0.25, 0.3) is 0 Å². The number of phenols is 1. The third-order valence-corrected chi connectivity index (χ3v) is 1.87. The second kappa shape index (κ2) is 3.59. The molecule has 1 atom stereocenters. The molecule has 2 N–H and O–H groups in total. The smallest absolute Gasteiger partial charge is 0.115 e. The van der Waals surface area contributed by atoms with E-state index in [1.807, 2.05) is 13.8 Å². The van der Waals surface area contributed by atoms with E-state index in [9.17, 15) is 5.11 Å². The first-order valence-corrected chi connectivity index (χ1v) is 4.08. The Hall–Kier alpha value is -1.02. The lowest BCUT2D eigenvalue weighted by atomic mass is 9.99. The van der Waals surface area contributed by atoms with Crippen LogP contribution in [0.5, 0.6) is 5.75 Å². The van der Waals surface area contributed by atoms with Gasteiger partial charge in [0, 0.05) is 0 Å². The van der Waals surface area contributed by atoms with Gasteiger partial charge in [-0.15, -0.1) is 0 Å². The first-order valence-electron chi connectivity index (χ1n) is 4.08. The maximum atomic E-state index is 9.61. The predicted octanol–water partition coefficient (Wildman–Crippen LogP) is 2.08. The molecule has 0 saturated carbocycles. The minimum absolute atomic E-state index is 0.203. The van der Waals surface area contributed by atoms with Crippen LogP contribution in [-0.2, 0) is 0 Å². The fraction of sp³-hybridized carbons (Fsp3) is 0.400. The van der Waals surface area contributed by atoms with Crippen LogP contribution in [0.3, 0.4) is 0 Å². The average molecular weight is 166 g/mol. The fourth-order valence-electron chi connectivity index (χ4n) is 1.06. The van der Waals surface area contributed by atoms with E-state index in [4.69, 9.17) is 5.11 Å². The molecule has 0 radical (unpaired) electrons. The van der Waals surface area contributed by atoms with Crippen LogP contribution >= 0.6 is 0 Å². The van der Waals surface area contributed by atoms with Crippen molar-refractivity contribution in [2.24, 2.45) is 5.92 Å². The quantitative estimate of drug-likeness (QED) is 0.706. The van der Waals surface area contributed by atoms with Crippen LogP contribution in [0, 0.1) is 5.92 Å². The Morgan fingerprint density at radius 3 is 2.00 bits per heavy atom. The summed E-state index contributed by atoms with van der Waals surface area (Å²) in [5, 5.41) is 18.6. The Bertz CT molecular complexity index is 239. The second-order valence-corrected chi connectivity index (χ2v) is 3.28. The number of aliphatic hydroxyl groups excluding tert-OH is 1. The lowest BCUT2D eigenvalue weighted by Gasteiger charge is -2.14. The minimum Gasteiger partial charge on any atom is -0.508 e. The number of hydrogen-bond acceptors (Lipinski definition) is 2. The van der Waals surface area contributed by atoms with Crippen molar-refractivity contribution in [3.8, 4) is 5.75 Å². The summed E-state index contributed by atoms with van der Waals surface area (Å²) in [6, 6.07) is 6.64. The molecule has 0 heterocycles. The highest BCUT2D eigenvalue weighted by Gasteiger charge is 2.10. The number of aromatic hydroxyl groups is 1. The Labute approximate surface area is 72.5 Å². The van der Waals surface area contributed by atoms with E-state index >= 15 is 0 Å². The lowest BCUT2D eigenvalue weighted by molar-refractivity contribution is 0.127. The number of benzene rings is 1. The van der Waals surface area contributed by atoms with Gasteiger partial charge < -0.3 is 10.2 Å². The van der Waals surface area contributed by atoms with Crippen molar-refractivity contribution in [3.63, 3.8) is 0 Å². The third-order valence-electron chi connectivity index (χ3n) is 1.87. The Balaban J connectivity index is 2.82. The molecule has 1 aromatic rings. The van der Waals surface area contributed by atoms with Gasteiger partial charge in [0.15, 0.2) is 0 Å². The van der Waals surface area contributed by atoms with Gasteiger partial charge in [-0.3, -0.25) is 0 Å². The summed E-state index contributed by atoms with van der Waals surface area (Å²) in [5.41, 5.74) is 0.850. The highest BCUT2D eigenvalue weighted by Crippen LogP contribution is 2.22. The summed E-state index contributed by atoms with van der Waals surface area (Å²) in [4.78, 5) is 0. The van der Waals surface area contributed by atoms with Crippen LogP contribution in [0.2, 0.25) is 0 Å². The maximum absolute atomic E-state index is 9.61. The molecule has 2 heteroatoms. The molecule has 0 fully saturated rings. The molecule has 0 aliphatic carbocycles. The zero-order valence-electron chi connectivity index (χ0n) is 7.36. The van der Waals surface area contributed by atoms with Gasteiger partial charge in [-0.25, -0.2) is 0 Å². The highest BCUT2D eigenvalue weighted by atomic mass is 16.3. The Morgan fingerprint density at radius 2 is 1.58 bits per heavy atom. The van der Waals surface area contributed by atoms with E-state index in [1.54, 1.807) is 24.3 Å². The van der Waals surface area contributed by atoms with Gasteiger partial charge >= 0.3 is 0 Å². The molecule has 0 aliphatic rings. The zero-order chi connectivity index (χ0) is 9.14. The molecule has 1 unspecified atom stereocenters. The molecular formula is C10H14O2. The molecule has 2 nitrogen and oxygen atoms in total. The SMILES string of the molecule is CC(C)C(O)c1ccc(O)cc1. The summed E-state index contributed by atoms with van der Waals surface area (Å²) < 4.78 is 0. The first kappa shape index (κ1) is 9.07. The molecule has 0 spiro atoms. The van der Waals surface area contributed by atoms with Gasteiger partial charge in [-0.05, 0) is 23.6 Å². The average Bonchev–Trinajstić information content (AvgIpc) is 2.04. The van der Waals surface area contributed by atoms with Gasteiger partial charge in [0.1, 0.15) is 5.75 Å². The standard InChI is InChI=1S/C10H14O2/c1-7(2)10(12)8-3-5-9(11)6-4-8/h3-7,10-12H,1-2H3. The number of hydrogen-bond donors (Lipinski definition) is 2. The lowest BCUT2D eigenvalue weighted by Crippen LogP contribution is -2.04. The predicted molar refractivity (Wildman–Crippen MR) is 47.9 cm³/mol. The molecule has 0 bridgehead atoms. The van der Waals surface area contributed by atoms with Crippen molar-refractivity contribution in [3.05, 3.63) is 29.8 Å². The van der Waals surface area contributed by atoms with Crippen LogP contribution in [0.15, 0.2) is 24.3 Å². The van der Waals surface area contributed by atoms with Gasteiger partial charge in [-0.2, -0.15) is 0 Å². The van der Waals surface area contributed by atoms with Crippen molar-refractivity contribution in [1.29, 1.82) is 0 Å². The van der Waals surface area contributed by atoms with E-state index in [0.717, 1.165) is 5.56 Å². The number of phenolic OH excluding ortho intramolecular Hbond substituents is 1. The molecule has 0 aliphatic heterocycles. The van der Waals surface area contributed by atoms with Gasteiger partial charge in [0.25, 0.3) is 0 Å². The fourth-order valence-corrected chi connectivity index (χ4v) is 1.06. The van der Waals surface area contributed by atoms with Crippen molar-refractivity contribution in [1.82, 2.24) is 0 Å². The normalized spacial score (nSPS) is 13.3. The number of rotatable bonds is 2. The summed E-state index contributed by atoms with van der Waals surface area (Å²) in [6.45, 7) is 3.91. The highest BCUT2D eigenvalue weighted by molar-refractivity contribution is 5.27. The molecule has 1 aromatic carbocycles. The first-order chi connectivity index (χ1) is 5.61. The summed E-state index contributed by atoms with van der Waals surface area (Å²) in [7, 11) is 0. The van der Waals surface area contributed by atoms with E-state index in [2.05, 4.69) is 0 Å². The number of aliphatic hydroxyl groups is 1. The van der Waals surface area contributed by atoms with Crippen LogP contribution in [0.1, 0.15) is 25.5 Å². The monoisotopic (exact) mass is 166 g/mol. The Morgan fingerprint density at radius 1 is 1.08 bits per heavy atom. The molecule has 1 rings (SSSR count). The van der Waals surface area contributed by atoms with Crippen LogP contribution in [0.4, 0.5) is 0 Å². The molecule has 0 aromatic heterocycles. The molecule has 0 saturated heterocycles. The Kier molecular flexibility index (Phi) is 2.71. The van der Waals surface area contributed by atoms with Crippen LogP contribution < -0.4 is 0 Å².